The van der Waals surface area contributed by atoms with Crippen LogP contribution in [0.1, 0.15) is 24.9 Å². The van der Waals surface area contributed by atoms with Crippen LogP contribution in [0.2, 0.25) is 0 Å². The van der Waals surface area contributed by atoms with Crippen molar-refractivity contribution in [1.29, 1.82) is 0 Å². The van der Waals surface area contributed by atoms with Gasteiger partial charge >= 0.3 is 0 Å². The minimum absolute atomic E-state index is 0.832. The summed E-state index contributed by atoms with van der Waals surface area (Å²) >= 11 is 0. The lowest BCUT2D eigenvalue weighted by Crippen LogP contribution is -2.21. The zero-order valence-electron chi connectivity index (χ0n) is 13.1. The largest absolute Gasteiger partial charge is 0.375 e. The topological polar surface area (TPSA) is 41.0 Å². The van der Waals surface area contributed by atoms with Gasteiger partial charge in [0.1, 0.15) is 11.6 Å². The fourth-order valence-electron chi connectivity index (χ4n) is 2.25. The van der Waals surface area contributed by atoms with E-state index in [9.17, 15) is 0 Å². The lowest BCUT2D eigenvalue weighted by Gasteiger charge is -2.19. The first-order chi connectivity index (χ1) is 10.2. The average molecular weight is 284 g/mol. The number of aryl methyl sites for hydroxylation is 2. The number of rotatable bonds is 7. The molecule has 0 bridgehead atoms. The lowest BCUT2D eigenvalue weighted by atomic mass is 10.3. The van der Waals surface area contributed by atoms with Crippen LogP contribution in [0.15, 0.2) is 36.4 Å². The van der Waals surface area contributed by atoms with Crippen LogP contribution in [-0.2, 0) is 6.42 Å². The molecule has 4 nitrogen and oxygen atoms in total. The number of hydrogen-bond acceptors (Lipinski definition) is 4. The molecule has 2 rings (SSSR count). The van der Waals surface area contributed by atoms with E-state index in [0.29, 0.717) is 0 Å². The standard InChI is InChI=1S/C17H24N4/c1-4-15-13-17(20-14(2)19-15)18-11-8-12-21(3)16-9-6-5-7-10-16/h5-7,9-10,13H,4,8,11-12H2,1-3H3,(H,18,19,20). The van der Waals surface area contributed by atoms with Crippen molar-refractivity contribution >= 4 is 11.5 Å². The van der Waals surface area contributed by atoms with Crippen molar-refractivity contribution in [2.45, 2.75) is 26.7 Å². The lowest BCUT2D eigenvalue weighted by molar-refractivity contribution is 0.811. The first kappa shape index (κ1) is 15.3. The fourth-order valence-corrected chi connectivity index (χ4v) is 2.25. The molecule has 1 N–H and O–H groups in total. The minimum Gasteiger partial charge on any atom is -0.375 e. The van der Waals surface area contributed by atoms with E-state index in [0.717, 1.165) is 43.3 Å². The highest BCUT2D eigenvalue weighted by Crippen LogP contribution is 2.11. The molecule has 1 heterocycles. The third kappa shape index (κ3) is 4.74. The molecule has 112 valence electrons. The highest BCUT2D eigenvalue weighted by Gasteiger charge is 2.02. The Morgan fingerprint density at radius 3 is 2.62 bits per heavy atom. The van der Waals surface area contributed by atoms with Crippen LogP contribution < -0.4 is 10.2 Å². The Labute approximate surface area is 127 Å². The molecule has 0 saturated heterocycles. The van der Waals surface area contributed by atoms with Gasteiger partial charge in [-0.2, -0.15) is 0 Å². The van der Waals surface area contributed by atoms with Crippen LogP contribution in [0.3, 0.4) is 0 Å². The molecule has 0 spiro atoms. The Morgan fingerprint density at radius 1 is 1.14 bits per heavy atom. The normalized spacial score (nSPS) is 10.4. The molecule has 0 fully saturated rings. The summed E-state index contributed by atoms with van der Waals surface area (Å²) in [6, 6.07) is 12.5. The van der Waals surface area contributed by atoms with Gasteiger partial charge < -0.3 is 10.2 Å². The van der Waals surface area contributed by atoms with E-state index in [1.807, 2.05) is 19.1 Å². The molecule has 0 radical (unpaired) electrons. The Morgan fingerprint density at radius 2 is 1.90 bits per heavy atom. The Bertz CT molecular complexity index is 554. The van der Waals surface area contributed by atoms with Crippen LogP contribution >= 0.6 is 0 Å². The van der Waals surface area contributed by atoms with Crippen LogP contribution in [0.25, 0.3) is 0 Å². The summed E-state index contributed by atoms with van der Waals surface area (Å²) < 4.78 is 0. The maximum absolute atomic E-state index is 4.42. The van der Waals surface area contributed by atoms with E-state index in [4.69, 9.17) is 0 Å². The van der Waals surface area contributed by atoms with Gasteiger partial charge in [-0.3, -0.25) is 0 Å². The Hall–Kier alpha value is -2.10. The second-order valence-corrected chi connectivity index (χ2v) is 5.18. The van der Waals surface area contributed by atoms with Crippen LogP contribution in [0.5, 0.6) is 0 Å². The predicted octanol–water partition coefficient (Wildman–Crippen LogP) is 3.29. The summed E-state index contributed by atoms with van der Waals surface area (Å²) in [6.07, 6.45) is 2.00. The molecule has 0 aliphatic heterocycles. The van der Waals surface area contributed by atoms with Gasteiger partial charge in [0, 0.05) is 37.6 Å². The van der Waals surface area contributed by atoms with E-state index in [1.54, 1.807) is 0 Å². The molecule has 4 heteroatoms. The second kappa shape index (κ2) is 7.62. The monoisotopic (exact) mass is 284 g/mol. The summed E-state index contributed by atoms with van der Waals surface area (Å²) in [5, 5.41) is 3.39. The van der Waals surface area contributed by atoms with Crippen LogP contribution in [0, 0.1) is 6.92 Å². The Kier molecular flexibility index (Phi) is 5.55. The number of benzene rings is 1. The molecule has 21 heavy (non-hydrogen) atoms. The third-order valence-electron chi connectivity index (χ3n) is 3.43. The van der Waals surface area contributed by atoms with E-state index < -0.39 is 0 Å². The molecule has 1 aromatic carbocycles. The molecular formula is C17H24N4. The van der Waals surface area contributed by atoms with Gasteiger partial charge in [0.25, 0.3) is 0 Å². The number of hydrogen-bond donors (Lipinski definition) is 1. The number of nitrogens with zero attached hydrogens (tertiary/aromatic N) is 3. The van der Waals surface area contributed by atoms with Crippen molar-refractivity contribution in [2.24, 2.45) is 0 Å². The number of aromatic nitrogens is 2. The molecule has 0 atom stereocenters. The number of anilines is 2. The van der Waals surface area contributed by atoms with E-state index in [1.165, 1.54) is 5.69 Å². The molecule has 0 saturated carbocycles. The van der Waals surface area contributed by atoms with E-state index >= 15 is 0 Å². The minimum atomic E-state index is 0.832. The van der Waals surface area contributed by atoms with Crippen molar-refractivity contribution in [3.05, 3.63) is 47.9 Å². The summed E-state index contributed by atoms with van der Waals surface area (Å²) in [5.74, 6) is 1.76. The zero-order chi connectivity index (χ0) is 15.1. The molecular weight excluding hydrogens is 260 g/mol. The van der Waals surface area contributed by atoms with Crippen molar-refractivity contribution in [2.75, 3.05) is 30.4 Å². The highest BCUT2D eigenvalue weighted by molar-refractivity contribution is 5.45. The van der Waals surface area contributed by atoms with E-state index in [-0.39, 0.29) is 0 Å². The van der Waals surface area contributed by atoms with Gasteiger partial charge in [-0.25, -0.2) is 9.97 Å². The van der Waals surface area contributed by atoms with Crippen molar-refractivity contribution in [3.8, 4) is 0 Å². The quantitative estimate of drug-likeness (QED) is 0.792. The van der Waals surface area contributed by atoms with Crippen molar-refractivity contribution in [3.63, 3.8) is 0 Å². The maximum atomic E-state index is 4.42. The predicted molar refractivity (Wildman–Crippen MR) is 89.0 cm³/mol. The van der Waals surface area contributed by atoms with Gasteiger partial charge in [0.2, 0.25) is 0 Å². The van der Waals surface area contributed by atoms with Crippen LogP contribution in [-0.4, -0.2) is 30.1 Å². The highest BCUT2D eigenvalue weighted by atomic mass is 15.1. The smallest absolute Gasteiger partial charge is 0.129 e. The van der Waals surface area contributed by atoms with Crippen molar-refractivity contribution < 1.29 is 0 Å². The van der Waals surface area contributed by atoms with Gasteiger partial charge in [-0.1, -0.05) is 25.1 Å². The van der Waals surface area contributed by atoms with Gasteiger partial charge in [-0.05, 0) is 31.9 Å². The zero-order valence-corrected chi connectivity index (χ0v) is 13.1. The maximum Gasteiger partial charge on any atom is 0.129 e. The van der Waals surface area contributed by atoms with E-state index in [2.05, 4.69) is 58.4 Å². The summed E-state index contributed by atoms with van der Waals surface area (Å²) in [5.41, 5.74) is 2.34. The summed E-state index contributed by atoms with van der Waals surface area (Å²) in [7, 11) is 2.12. The SMILES string of the molecule is CCc1cc(NCCCN(C)c2ccccc2)nc(C)n1. The Balaban J connectivity index is 1.78. The van der Waals surface area contributed by atoms with Gasteiger partial charge in [-0.15, -0.1) is 0 Å². The molecule has 0 aliphatic carbocycles. The molecule has 0 amide bonds. The second-order valence-electron chi connectivity index (χ2n) is 5.18. The third-order valence-corrected chi connectivity index (χ3v) is 3.43. The summed E-state index contributed by atoms with van der Waals surface area (Å²) in [6.45, 7) is 5.98. The molecule has 0 unspecified atom stereocenters. The first-order valence-corrected chi connectivity index (χ1v) is 7.53. The molecule has 2 aromatic rings. The van der Waals surface area contributed by atoms with Crippen molar-refractivity contribution in [1.82, 2.24) is 9.97 Å². The van der Waals surface area contributed by atoms with Crippen LogP contribution in [0.4, 0.5) is 11.5 Å². The number of para-hydroxylation sites is 1. The summed E-state index contributed by atoms with van der Waals surface area (Å²) in [4.78, 5) is 11.1. The average Bonchev–Trinajstić information content (AvgIpc) is 2.51. The molecule has 0 aliphatic rings. The molecule has 1 aromatic heterocycles. The first-order valence-electron chi connectivity index (χ1n) is 7.53. The van der Waals surface area contributed by atoms with Gasteiger partial charge in [0.15, 0.2) is 0 Å². The number of nitrogens with one attached hydrogen (secondary N) is 1. The van der Waals surface area contributed by atoms with Gasteiger partial charge in [0.05, 0.1) is 0 Å². The fraction of sp³-hybridized carbons (Fsp3) is 0.412.